The number of hydrogen-bond acceptors (Lipinski definition) is 3. The number of unbranched alkanes of at least 4 members (excludes halogenated alkanes) is 1. The lowest BCUT2D eigenvalue weighted by atomic mass is 9.88. The summed E-state index contributed by atoms with van der Waals surface area (Å²) >= 11 is 0. The molecule has 0 spiro atoms. The molecule has 7 heteroatoms. The van der Waals surface area contributed by atoms with Crippen LogP contribution in [0.1, 0.15) is 38.2 Å². The smallest absolute Gasteiger partial charge is 0.416 e. The molecule has 0 aliphatic carbocycles. The maximum atomic E-state index is 13.1. The molecule has 1 aromatic carbocycles. The minimum atomic E-state index is -4.38. The van der Waals surface area contributed by atoms with Crippen LogP contribution in [0.3, 0.4) is 0 Å². The SMILES string of the molecule is CCCC[C@@H]1CN(c2cc(OC)cc(C(F)(F)F)c2)CC[C@@H]1N.Cl. The van der Waals surface area contributed by atoms with Crippen LogP contribution in [0.25, 0.3) is 0 Å². The van der Waals surface area contributed by atoms with E-state index in [2.05, 4.69) is 6.92 Å². The highest BCUT2D eigenvalue weighted by molar-refractivity contribution is 5.85. The second kappa shape index (κ2) is 8.81. The standard InChI is InChI=1S/C17H25F3N2O.ClH/c1-3-4-5-12-11-22(7-6-16(12)21)14-8-13(17(18,19)20)9-15(10-14)23-2;/h8-10,12,16H,3-7,11,21H2,1-2H3;1H/t12-,16+;/m1./s1. The first-order chi connectivity index (χ1) is 10.8. The Hall–Kier alpha value is -1.14. The first-order valence-corrected chi connectivity index (χ1v) is 8.12. The summed E-state index contributed by atoms with van der Waals surface area (Å²) in [7, 11) is 1.38. The molecule has 1 saturated heterocycles. The van der Waals surface area contributed by atoms with Crippen LogP contribution in [0.4, 0.5) is 18.9 Å². The van der Waals surface area contributed by atoms with Crippen molar-refractivity contribution in [1.82, 2.24) is 0 Å². The molecule has 0 bridgehead atoms. The van der Waals surface area contributed by atoms with Gasteiger partial charge in [0.1, 0.15) is 5.75 Å². The maximum absolute atomic E-state index is 13.1. The highest BCUT2D eigenvalue weighted by atomic mass is 35.5. The number of anilines is 1. The first kappa shape index (κ1) is 20.9. The molecule has 2 rings (SSSR count). The Morgan fingerprint density at radius 3 is 2.58 bits per heavy atom. The van der Waals surface area contributed by atoms with E-state index in [0.29, 0.717) is 24.7 Å². The number of benzene rings is 1. The fourth-order valence-electron chi connectivity index (χ4n) is 3.10. The van der Waals surface area contributed by atoms with E-state index in [1.807, 2.05) is 4.90 Å². The number of halogens is 4. The number of alkyl halides is 3. The Morgan fingerprint density at radius 1 is 1.29 bits per heavy atom. The van der Waals surface area contributed by atoms with Gasteiger partial charge in [-0.3, -0.25) is 0 Å². The summed E-state index contributed by atoms with van der Waals surface area (Å²) in [4.78, 5) is 2.00. The molecule has 0 unspecified atom stereocenters. The maximum Gasteiger partial charge on any atom is 0.416 e. The van der Waals surface area contributed by atoms with E-state index in [0.717, 1.165) is 31.7 Å². The Bertz CT molecular complexity index is 525. The van der Waals surface area contributed by atoms with Crippen LogP contribution in [-0.2, 0) is 6.18 Å². The third-order valence-corrected chi connectivity index (χ3v) is 4.54. The molecule has 0 amide bonds. The Labute approximate surface area is 147 Å². The third kappa shape index (κ3) is 5.18. The Morgan fingerprint density at radius 2 is 2.00 bits per heavy atom. The molecule has 0 saturated carbocycles. The van der Waals surface area contributed by atoms with Gasteiger partial charge < -0.3 is 15.4 Å². The van der Waals surface area contributed by atoms with Crippen LogP contribution in [0, 0.1) is 5.92 Å². The van der Waals surface area contributed by atoms with E-state index in [4.69, 9.17) is 10.5 Å². The fourth-order valence-corrected chi connectivity index (χ4v) is 3.10. The van der Waals surface area contributed by atoms with Gasteiger partial charge in [-0.05, 0) is 30.9 Å². The van der Waals surface area contributed by atoms with Crippen molar-refractivity contribution in [1.29, 1.82) is 0 Å². The van der Waals surface area contributed by atoms with Crippen LogP contribution in [0.5, 0.6) is 5.75 Å². The Kier molecular flexibility index (Phi) is 7.67. The van der Waals surface area contributed by atoms with Gasteiger partial charge in [-0.1, -0.05) is 19.8 Å². The molecule has 1 aromatic rings. The van der Waals surface area contributed by atoms with Crippen LogP contribution >= 0.6 is 12.4 Å². The van der Waals surface area contributed by atoms with E-state index in [1.165, 1.54) is 13.2 Å². The van der Waals surface area contributed by atoms with Crippen LogP contribution in [0.15, 0.2) is 18.2 Å². The average molecular weight is 367 g/mol. The monoisotopic (exact) mass is 366 g/mol. The largest absolute Gasteiger partial charge is 0.497 e. The minimum Gasteiger partial charge on any atom is -0.497 e. The summed E-state index contributed by atoms with van der Waals surface area (Å²) in [5, 5.41) is 0. The summed E-state index contributed by atoms with van der Waals surface area (Å²) in [6, 6.07) is 4.04. The molecule has 24 heavy (non-hydrogen) atoms. The molecule has 2 atom stereocenters. The van der Waals surface area contributed by atoms with Gasteiger partial charge in [0, 0.05) is 30.9 Å². The molecular weight excluding hydrogens is 341 g/mol. The van der Waals surface area contributed by atoms with Crippen molar-refractivity contribution in [3.05, 3.63) is 23.8 Å². The van der Waals surface area contributed by atoms with Gasteiger partial charge in [0.2, 0.25) is 0 Å². The normalized spacial score (nSPS) is 21.3. The average Bonchev–Trinajstić information content (AvgIpc) is 2.52. The Balaban J connectivity index is 0.00000288. The van der Waals surface area contributed by atoms with Gasteiger partial charge in [0.05, 0.1) is 12.7 Å². The van der Waals surface area contributed by atoms with Crippen molar-refractivity contribution in [3.8, 4) is 5.75 Å². The second-order valence-electron chi connectivity index (χ2n) is 6.22. The zero-order chi connectivity index (χ0) is 17.0. The number of nitrogens with zero attached hydrogens (tertiary/aromatic N) is 1. The lowest BCUT2D eigenvalue weighted by Crippen LogP contribution is -2.47. The van der Waals surface area contributed by atoms with Crippen LogP contribution < -0.4 is 15.4 Å². The van der Waals surface area contributed by atoms with Crippen LogP contribution in [0.2, 0.25) is 0 Å². The second-order valence-corrected chi connectivity index (χ2v) is 6.22. The van der Waals surface area contributed by atoms with E-state index in [-0.39, 0.29) is 24.2 Å². The highest BCUT2D eigenvalue weighted by Gasteiger charge is 2.33. The van der Waals surface area contributed by atoms with E-state index in [1.54, 1.807) is 6.07 Å². The predicted octanol–water partition coefficient (Wildman–Crippen LogP) is 4.48. The third-order valence-electron chi connectivity index (χ3n) is 4.54. The molecular formula is C17H26ClF3N2O. The zero-order valence-corrected chi connectivity index (χ0v) is 14.9. The van der Waals surface area contributed by atoms with Crippen molar-refractivity contribution < 1.29 is 17.9 Å². The lowest BCUT2D eigenvalue weighted by Gasteiger charge is -2.38. The van der Waals surface area contributed by atoms with Gasteiger partial charge in [-0.25, -0.2) is 0 Å². The zero-order valence-electron chi connectivity index (χ0n) is 14.1. The highest BCUT2D eigenvalue weighted by Crippen LogP contribution is 2.36. The van der Waals surface area contributed by atoms with Gasteiger partial charge in [0.25, 0.3) is 0 Å². The summed E-state index contributed by atoms with van der Waals surface area (Å²) in [6.45, 7) is 3.50. The molecule has 1 fully saturated rings. The van der Waals surface area contributed by atoms with Crippen molar-refractivity contribution >= 4 is 18.1 Å². The van der Waals surface area contributed by atoms with Gasteiger partial charge in [-0.15, -0.1) is 12.4 Å². The van der Waals surface area contributed by atoms with Crippen LogP contribution in [-0.4, -0.2) is 26.2 Å². The molecule has 0 aromatic heterocycles. The summed E-state index contributed by atoms with van der Waals surface area (Å²) in [6.07, 6.45) is -0.368. The molecule has 1 aliphatic rings. The lowest BCUT2D eigenvalue weighted by molar-refractivity contribution is -0.137. The molecule has 2 N–H and O–H groups in total. The molecule has 0 radical (unpaired) electrons. The van der Waals surface area contributed by atoms with Gasteiger partial charge in [-0.2, -0.15) is 13.2 Å². The predicted molar refractivity (Wildman–Crippen MR) is 93.1 cm³/mol. The summed E-state index contributed by atoms with van der Waals surface area (Å²) in [5.41, 5.74) is 6.07. The number of piperidine rings is 1. The number of methoxy groups -OCH3 is 1. The molecule has 3 nitrogen and oxygen atoms in total. The van der Waals surface area contributed by atoms with Crippen molar-refractivity contribution in [2.75, 3.05) is 25.1 Å². The summed E-state index contributed by atoms with van der Waals surface area (Å²) < 4.78 is 44.2. The molecule has 1 heterocycles. The van der Waals surface area contributed by atoms with Crippen molar-refractivity contribution in [2.45, 2.75) is 44.8 Å². The quantitative estimate of drug-likeness (QED) is 0.835. The van der Waals surface area contributed by atoms with Crippen molar-refractivity contribution in [2.24, 2.45) is 11.7 Å². The fraction of sp³-hybridized carbons (Fsp3) is 0.647. The summed E-state index contributed by atoms with van der Waals surface area (Å²) in [5.74, 6) is 0.555. The van der Waals surface area contributed by atoms with Gasteiger partial charge in [0.15, 0.2) is 0 Å². The molecule has 1 aliphatic heterocycles. The van der Waals surface area contributed by atoms with E-state index in [9.17, 15) is 13.2 Å². The van der Waals surface area contributed by atoms with E-state index < -0.39 is 11.7 Å². The number of rotatable bonds is 5. The topological polar surface area (TPSA) is 38.5 Å². The number of ether oxygens (including phenoxy) is 1. The molecule has 138 valence electrons. The van der Waals surface area contributed by atoms with E-state index >= 15 is 0 Å². The number of hydrogen-bond donors (Lipinski definition) is 1. The van der Waals surface area contributed by atoms with Crippen molar-refractivity contribution in [3.63, 3.8) is 0 Å². The first-order valence-electron chi connectivity index (χ1n) is 8.12. The minimum absolute atomic E-state index is 0. The van der Waals surface area contributed by atoms with Gasteiger partial charge >= 0.3 is 6.18 Å². The number of nitrogens with two attached hydrogens (primary N) is 1.